The van der Waals surface area contributed by atoms with Crippen molar-refractivity contribution in [3.8, 4) is 5.69 Å². The second-order valence-corrected chi connectivity index (χ2v) is 10.7. The van der Waals surface area contributed by atoms with E-state index in [-0.39, 0.29) is 11.9 Å². The van der Waals surface area contributed by atoms with Gasteiger partial charge < -0.3 is 5.32 Å². The number of hydrogen-bond donors (Lipinski definition) is 1. The first-order valence-electron chi connectivity index (χ1n) is 13.7. The lowest BCUT2D eigenvalue weighted by Crippen LogP contribution is -2.31. The molecule has 0 aliphatic rings. The standard InChI is InChI=1S/C32H38N4OS/c1-3-4-5-6-13-18-30(37)33-29(23-26-14-9-7-10-15-26)31-34-35-32(38-24-27-16-11-8-12-17-27)36(31)28-21-19-25(2)20-22-28/h7-12,14-17,19-22,29H,3-6,13,18,23-24H2,1-2H3,(H,33,37). The van der Waals surface area contributed by atoms with Gasteiger partial charge in [0.1, 0.15) is 0 Å². The van der Waals surface area contributed by atoms with Crippen LogP contribution in [0.4, 0.5) is 0 Å². The molecule has 3 aromatic carbocycles. The van der Waals surface area contributed by atoms with E-state index in [9.17, 15) is 4.79 Å². The van der Waals surface area contributed by atoms with Crippen molar-refractivity contribution in [2.24, 2.45) is 0 Å². The third-order valence-electron chi connectivity index (χ3n) is 6.60. The van der Waals surface area contributed by atoms with Crippen LogP contribution in [0.2, 0.25) is 0 Å². The molecule has 0 spiro atoms. The molecule has 1 aromatic heterocycles. The lowest BCUT2D eigenvalue weighted by Gasteiger charge is -2.20. The molecule has 4 aromatic rings. The quantitative estimate of drug-likeness (QED) is 0.136. The fraction of sp³-hybridized carbons (Fsp3) is 0.344. The van der Waals surface area contributed by atoms with E-state index in [1.165, 1.54) is 30.4 Å². The maximum absolute atomic E-state index is 13.1. The number of nitrogens with one attached hydrogen (secondary N) is 1. The molecule has 0 aliphatic heterocycles. The Morgan fingerprint density at radius 2 is 1.50 bits per heavy atom. The highest BCUT2D eigenvalue weighted by molar-refractivity contribution is 7.98. The van der Waals surface area contributed by atoms with E-state index in [2.05, 4.69) is 94.6 Å². The average Bonchev–Trinajstić information content (AvgIpc) is 3.37. The van der Waals surface area contributed by atoms with Crippen LogP contribution in [0, 0.1) is 6.92 Å². The van der Waals surface area contributed by atoms with Gasteiger partial charge in [-0.1, -0.05) is 123 Å². The van der Waals surface area contributed by atoms with Gasteiger partial charge in [-0.05, 0) is 43.0 Å². The van der Waals surface area contributed by atoms with Crippen molar-refractivity contribution in [2.45, 2.75) is 75.7 Å². The Balaban J connectivity index is 1.62. The van der Waals surface area contributed by atoms with Crippen LogP contribution in [0.5, 0.6) is 0 Å². The van der Waals surface area contributed by atoms with Gasteiger partial charge in [0, 0.05) is 17.9 Å². The first-order valence-corrected chi connectivity index (χ1v) is 14.6. The monoisotopic (exact) mass is 526 g/mol. The Hall–Kier alpha value is -3.38. The Morgan fingerprint density at radius 1 is 0.842 bits per heavy atom. The van der Waals surface area contributed by atoms with E-state index < -0.39 is 0 Å². The zero-order valence-corrected chi connectivity index (χ0v) is 23.3. The summed E-state index contributed by atoms with van der Waals surface area (Å²) in [6, 6.07) is 28.8. The molecule has 1 heterocycles. The van der Waals surface area contributed by atoms with Crippen LogP contribution in [0.3, 0.4) is 0 Å². The van der Waals surface area contributed by atoms with E-state index in [4.69, 9.17) is 0 Å². The van der Waals surface area contributed by atoms with Gasteiger partial charge in [0.2, 0.25) is 5.91 Å². The number of thioether (sulfide) groups is 1. The number of aromatic nitrogens is 3. The van der Waals surface area contributed by atoms with Crippen molar-refractivity contribution in [3.63, 3.8) is 0 Å². The molecular weight excluding hydrogens is 488 g/mol. The fourth-order valence-corrected chi connectivity index (χ4v) is 5.39. The molecule has 0 saturated heterocycles. The molecule has 0 saturated carbocycles. The first kappa shape index (κ1) is 27.6. The number of carbonyl (C=O) groups is 1. The predicted molar refractivity (Wildman–Crippen MR) is 157 cm³/mol. The van der Waals surface area contributed by atoms with Crippen LogP contribution >= 0.6 is 11.8 Å². The summed E-state index contributed by atoms with van der Waals surface area (Å²) in [4.78, 5) is 13.1. The molecule has 6 heteroatoms. The Kier molecular flexibility index (Phi) is 10.6. The Labute approximate surface area is 231 Å². The molecule has 198 valence electrons. The summed E-state index contributed by atoms with van der Waals surface area (Å²) in [5, 5.41) is 13.4. The average molecular weight is 527 g/mol. The highest BCUT2D eigenvalue weighted by atomic mass is 32.2. The fourth-order valence-electron chi connectivity index (χ4n) is 4.47. The minimum Gasteiger partial charge on any atom is -0.346 e. The Bertz CT molecular complexity index is 1260. The number of carbonyl (C=O) groups excluding carboxylic acids is 1. The minimum atomic E-state index is -0.291. The Morgan fingerprint density at radius 3 is 2.18 bits per heavy atom. The summed E-state index contributed by atoms with van der Waals surface area (Å²) in [6.07, 6.45) is 6.78. The molecule has 38 heavy (non-hydrogen) atoms. The molecule has 0 radical (unpaired) electrons. The maximum Gasteiger partial charge on any atom is 0.220 e. The number of benzene rings is 3. The minimum absolute atomic E-state index is 0.0689. The van der Waals surface area contributed by atoms with Crippen molar-refractivity contribution in [1.82, 2.24) is 20.1 Å². The SMILES string of the molecule is CCCCCCCC(=O)NC(Cc1ccccc1)c1nnc(SCc2ccccc2)n1-c1ccc(C)cc1. The van der Waals surface area contributed by atoms with Gasteiger partial charge in [0.15, 0.2) is 11.0 Å². The van der Waals surface area contributed by atoms with E-state index in [0.29, 0.717) is 12.8 Å². The van der Waals surface area contributed by atoms with Crippen LogP contribution in [-0.4, -0.2) is 20.7 Å². The summed E-state index contributed by atoms with van der Waals surface area (Å²) >= 11 is 1.66. The second kappa shape index (κ2) is 14.5. The smallest absolute Gasteiger partial charge is 0.220 e. The normalized spacial score (nSPS) is 11.8. The summed E-state index contributed by atoms with van der Waals surface area (Å²) < 4.78 is 2.11. The van der Waals surface area contributed by atoms with Gasteiger partial charge in [0.05, 0.1) is 6.04 Å². The highest BCUT2D eigenvalue weighted by Gasteiger charge is 2.25. The van der Waals surface area contributed by atoms with Crippen molar-refractivity contribution >= 4 is 17.7 Å². The van der Waals surface area contributed by atoms with Gasteiger partial charge in [-0.2, -0.15) is 0 Å². The predicted octanol–water partition coefficient (Wildman–Crippen LogP) is 7.63. The first-order chi connectivity index (χ1) is 18.6. The third kappa shape index (κ3) is 8.06. The molecule has 0 aliphatic carbocycles. The lowest BCUT2D eigenvalue weighted by molar-refractivity contribution is -0.122. The van der Waals surface area contributed by atoms with E-state index in [1.54, 1.807) is 11.8 Å². The molecule has 0 fully saturated rings. The van der Waals surface area contributed by atoms with Crippen molar-refractivity contribution in [1.29, 1.82) is 0 Å². The summed E-state index contributed by atoms with van der Waals surface area (Å²) in [6.45, 7) is 4.29. The molecule has 1 N–H and O–H groups in total. The topological polar surface area (TPSA) is 59.8 Å². The highest BCUT2D eigenvalue weighted by Crippen LogP contribution is 2.29. The number of amides is 1. The van der Waals surface area contributed by atoms with Crippen LogP contribution < -0.4 is 5.32 Å². The zero-order valence-electron chi connectivity index (χ0n) is 22.5. The van der Waals surface area contributed by atoms with Gasteiger partial charge in [-0.3, -0.25) is 9.36 Å². The molecule has 5 nitrogen and oxygen atoms in total. The number of aryl methyl sites for hydroxylation is 1. The molecule has 0 bridgehead atoms. The van der Waals surface area contributed by atoms with E-state index >= 15 is 0 Å². The van der Waals surface area contributed by atoms with E-state index in [1.807, 2.05) is 24.3 Å². The van der Waals surface area contributed by atoms with Gasteiger partial charge >= 0.3 is 0 Å². The summed E-state index contributed by atoms with van der Waals surface area (Å²) in [7, 11) is 0. The third-order valence-corrected chi connectivity index (χ3v) is 7.60. The zero-order chi connectivity index (χ0) is 26.6. The number of hydrogen-bond acceptors (Lipinski definition) is 4. The molecular formula is C32H38N4OS. The van der Waals surface area contributed by atoms with Crippen LogP contribution in [0.1, 0.15) is 74.0 Å². The summed E-state index contributed by atoms with van der Waals surface area (Å²) in [5.74, 6) is 1.62. The van der Waals surface area contributed by atoms with Gasteiger partial charge in [-0.15, -0.1) is 10.2 Å². The van der Waals surface area contributed by atoms with Crippen molar-refractivity contribution < 1.29 is 4.79 Å². The molecule has 1 amide bonds. The number of nitrogens with zero attached hydrogens (tertiary/aromatic N) is 3. The van der Waals surface area contributed by atoms with Gasteiger partial charge in [0.25, 0.3) is 0 Å². The van der Waals surface area contributed by atoms with Crippen LogP contribution in [-0.2, 0) is 17.0 Å². The molecule has 4 rings (SSSR count). The number of unbranched alkanes of at least 4 members (excludes halogenated alkanes) is 4. The van der Waals surface area contributed by atoms with Crippen molar-refractivity contribution in [3.05, 3.63) is 107 Å². The van der Waals surface area contributed by atoms with Crippen LogP contribution in [0.25, 0.3) is 5.69 Å². The largest absolute Gasteiger partial charge is 0.346 e. The van der Waals surface area contributed by atoms with Crippen molar-refractivity contribution in [2.75, 3.05) is 0 Å². The molecule has 1 unspecified atom stereocenters. The summed E-state index contributed by atoms with van der Waals surface area (Å²) in [5.41, 5.74) is 4.57. The molecule has 1 atom stereocenters. The van der Waals surface area contributed by atoms with Crippen LogP contribution in [0.15, 0.2) is 90.1 Å². The number of rotatable bonds is 14. The van der Waals surface area contributed by atoms with Gasteiger partial charge in [-0.25, -0.2) is 0 Å². The van der Waals surface area contributed by atoms with E-state index in [0.717, 1.165) is 40.8 Å². The second-order valence-electron chi connectivity index (χ2n) is 9.76. The maximum atomic E-state index is 13.1. The lowest BCUT2D eigenvalue weighted by atomic mass is 10.0.